The molecule has 0 heterocycles. The second-order valence-electron chi connectivity index (χ2n) is 7.67. The molecule has 0 spiro atoms. The Bertz CT molecular complexity index is 1080. The van der Waals surface area contributed by atoms with Crippen LogP contribution in [0.2, 0.25) is 0 Å². The molecule has 0 bridgehead atoms. The highest BCUT2D eigenvalue weighted by atomic mass is 15.2. The van der Waals surface area contributed by atoms with Gasteiger partial charge in [0.05, 0.1) is 6.67 Å². The van der Waals surface area contributed by atoms with Crippen LogP contribution in [0.25, 0.3) is 22.3 Å². The Morgan fingerprint density at radius 3 is 1.70 bits per heavy atom. The van der Waals surface area contributed by atoms with Crippen LogP contribution in [0.1, 0.15) is 11.1 Å². The SMILES string of the molecule is CNCN(c1ccccc1)c1ccc(-c2c(C)cc(-c3ccccc3)cc2C)cc1. The molecule has 0 atom stereocenters. The van der Waals surface area contributed by atoms with Crippen molar-refractivity contribution in [2.45, 2.75) is 13.8 Å². The minimum absolute atomic E-state index is 0.757. The van der Waals surface area contributed by atoms with Crippen molar-refractivity contribution in [3.05, 3.63) is 108 Å². The molecule has 0 amide bonds. The topological polar surface area (TPSA) is 15.3 Å². The molecular weight excluding hydrogens is 364 g/mol. The zero-order chi connectivity index (χ0) is 20.9. The maximum absolute atomic E-state index is 3.28. The van der Waals surface area contributed by atoms with Gasteiger partial charge < -0.3 is 10.2 Å². The second-order valence-corrected chi connectivity index (χ2v) is 7.67. The molecule has 0 aliphatic rings. The van der Waals surface area contributed by atoms with E-state index < -0.39 is 0 Å². The van der Waals surface area contributed by atoms with Crippen molar-refractivity contribution >= 4 is 11.4 Å². The number of hydrogen-bond acceptors (Lipinski definition) is 2. The van der Waals surface area contributed by atoms with Crippen LogP contribution in [-0.2, 0) is 0 Å². The van der Waals surface area contributed by atoms with Crippen molar-refractivity contribution in [3.8, 4) is 22.3 Å². The molecule has 4 aromatic carbocycles. The molecule has 2 nitrogen and oxygen atoms in total. The van der Waals surface area contributed by atoms with Gasteiger partial charge in [0.15, 0.2) is 0 Å². The lowest BCUT2D eigenvalue weighted by Crippen LogP contribution is -2.27. The minimum Gasteiger partial charge on any atom is -0.328 e. The van der Waals surface area contributed by atoms with E-state index in [9.17, 15) is 0 Å². The molecule has 2 heteroatoms. The largest absolute Gasteiger partial charge is 0.328 e. The smallest absolute Gasteiger partial charge is 0.0729 e. The van der Waals surface area contributed by atoms with Crippen LogP contribution in [0.15, 0.2) is 97.1 Å². The third kappa shape index (κ3) is 4.14. The van der Waals surface area contributed by atoms with Crippen LogP contribution < -0.4 is 10.2 Å². The maximum atomic E-state index is 3.28. The predicted octanol–water partition coefficient (Wildman–Crippen LogP) is 6.95. The fourth-order valence-corrected chi connectivity index (χ4v) is 4.12. The van der Waals surface area contributed by atoms with Crippen molar-refractivity contribution in [2.75, 3.05) is 18.6 Å². The predicted molar refractivity (Wildman–Crippen MR) is 129 cm³/mol. The number of benzene rings is 4. The van der Waals surface area contributed by atoms with Crippen LogP contribution in [0, 0.1) is 13.8 Å². The van der Waals surface area contributed by atoms with Gasteiger partial charge >= 0.3 is 0 Å². The van der Waals surface area contributed by atoms with E-state index in [-0.39, 0.29) is 0 Å². The van der Waals surface area contributed by atoms with Crippen molar-refractivity contribution in [2.24, 2.45) is 0 Å². The van der Waals surface area contributed by atoms with E-state index in [0.29, 0.717) is 0 Å². The molecule has 1 N–H and O–H groups in total. The summed E-state index contributed by atoms with van der Waals surface area (Å²) in [6, 6.07) is 34.6. The highest BCUT2D eigenvalue weighted by molar-refractivity contribution is 5.78. The third-order valence-electron chi connectivity index (χ3n) is 5.49. The Kier molecular flexibility index (Phi) is 5.97. The van der Waals surface area contributed by atoms with Gasteiger partial charge in [-0.2, -0.15) is 0 Å². The van der Waals surface area contributed by atoms with Crippen molar-refractivity contribution < 1.29 is 0 Å². The van der Waals surface area contributed by atoms with Crippen LogP contribution in [0.3, 0.4) is 0 Å². The van der Waals surface area contributed by atoms with Gasteiger partial charge in [0.25, 0.3) is 0 Å². The molecular formula is C28H28N2. The number of hydrogen-bond donors (Lipinski definition) is 1. The van der Waals surface area contributed by atoms with Crippen LogP contribution in [0.4, 0.5) is 11.4 Å². The van der Waals surface area contributed by atoms with Gasteiger partial charge in [-0.15, -0.1) is 0 Å². The van der Waals surface area contributed by atoms with Crippen molar-refractivity contribution in [1.29, 1.82) is 0 Å². The number of nitrogens with one attached hydrogen (secondary N) is 1. The number of anilines is 2. The first-order chi connectivity index (χ1) is 14.7. The lowest BCUT2D eigenvalue weighted by molar-refractivity contribution is 0.802. The summed E-state index contributed by atoms with van der Waals surface area (Å²) in [6.07, 6.45) is 0. The van der Waals surface area contributed by atoms with Crippen LogP contribution >= 0.6 is 0 Å². The summed E-state index contributed by atoms with van der Waals surface area (Å²) in [5.41, 5.74) is 10.1. The second kappa shape index (κ2) is 8.98. The van der Waals surface area contributed by atoms with E-state index in [1.54, 1.807) is 0 Å². The first-order valence-electron chi connectivity index (χ1n) is 10.4. The fourth-order valence-electron chi connectivity index (χ4n) is 4.12. The third-order valence-corrected chi connectivity index (χ3v) is 5.49. The van der Waals surface area contributed by atoms with Gasteiger partial charge in [-0.25, -0.2) is 0 Å². The summed E-state index contributed by atoms with van der Waals surface area (Å²) in [7, 11) is 1.98. The summed E-state index contributed by atoms with van der Waals surface area (Å²) in [4.78, 5) is 2.28. The van der Waals surface area contributed by atoms with E-state index in [1.165, 1.54) is 44.8 Å². The Morgan fingerprint density at radius 1 is 0.600 bits per heavy atom. The van der Waals surface area contributed by atoms with E-state index >= 15 is 0 Å². The zero-order valence-electron chi connectivity index (χ0n) is 17.9. The first-order valence-corrected chi connectivity index (χ1v) is 10.4. The molecule has 0 saturated heterocycles. The summed E-state index contributed by atoms with van der Waals surface area (Å²) < 4.78 is 0. The molecule has 0 unspecified atom stereocenters. The molecule has 0 radical (unpaired) electrons. The number of nitrogens with zero attached hydrogens (tertiary/aromatic N) is 1. The zero-order valence-corrected chi connectivity index (χ0v) is 17.9. The van der Waals surface area contributed by atoms with Gasteiger partial charge in [0.1, 0.15) is 0 Å². The molecule has 150 valence electrons. The first kappa shape index (κ1) is 19.9. The summed E-state index contributed by atoms with van der Waals surface area (Å²) in [6.45, 7) is 5.17. The standard InChI is InChI=1S/C28H28N2/c1-21-18-25(23-10-6-4-7-11-23)19-22(2)28(21)24-14-16-27(17-15-24)30(20-29-3)26-12-8-5-9-13-26/h4-19,29H,20H2,1-3H3. The maximum Gasteiger partial charge on any atom is 0.0729 e. The summed E-state index contributed by atoms with van der Waals surface area (Å²) in [5.74, 6) is 0. The monoisotopic (exact) mass is 392 g/mol. The minimum atomic E-state index is 0.757. The highest BCUT2D eigenvalue weighted by Crippen LogP contribution is 2.34. The summed E-state index contributed by atoms with van der Waals surface area (Å²) >= 11 is 0. The average Bonchev–Trinajstić information content (AvgIpc) is 2.79. The highest BCUT2D eigenvalue weighted by Gasteiger charge is 2.11. The van der Waals surface area contributed by atoms with Crippen LogP contribution in [-0.4, -0.2) is 13.7 Å². The van der Waals surface area contributed by atoms with Crippen LogP contribution in [0.5, 0.6) is 0 Å². The van der Waals surface area contributed by atoms with E-state index in [1.807, 2.05) is 7.05 Å². The Labute approximate surface area is 179 Å². The fraction of sp³-hybridized carbons (Fsp3) is 0.143. The molecule has 0 aliphatic carbocycles. The quantitative estimate of drug-likeness (QED) is 0.357. The van der Waals surface area contributed by atoms with E-state index in [0.717, 1.165) is 6.67 Å². The molecule has 0 saturated carbocycles. The van der Waals surface area contributed by atoms with Crippen molar-refractivity contribution in [1.82, 2.24) is 5.32 Å². The molecule has 4 aromatic rings. The lowest BCUT2D eigenvalue weighted by atomic mass is 9.91. The number of aryl methyl sites for hydroxylation is 2. The Hall–Kier alpha value is -3.36. The lowest BCUT2D eigenvalue weighted by Gasteiger charge is -2.25. The van der Waals surface area contributed by atoms with Gasteiger partial charge in [0, 0.05) is 11.4 Å². The number of para-hydroxylation sites is 1. The molecule has 0 aromatic heterocycles. The van der Waals surface area contributed by atoms with Gasteiger partial charge in [-0.05, 0) is 78.5 Å². The average molecular weight is 393 g/mol. The van der Waals surface area contributed by atoms with Gasteiger partial charge in [-0.3, -0.25) is 0 Å². The molecule has 0 aliphatic heterocycles. The molecule has 4 rings (SSSR count). The Morgan fingerprint density at radius 2 is 1.13 bits per heavy atom. The Balaban J connectivity index is 1.67. The normalized spacial score (nSPS) is 10.8. The number of rotatable bonds is 6. The van der Waals surface area contributed by atoms with E-state index in [2.05, 4.69) is 121 Å². The molecule has 0 fully saturated rings. The van der Waals surface area contributed by atoms with Gasteiger partial charge in [0.2, 0.25) is 0 Å². The summed E-state index contributed by atoms with van der Waals surface area (Å²) in [5, 5.41) is 3.28. The van der Waals surface area contributed by atoms with E-state index in [4.69, 9.17) is 0 Å². The van der Waals surface area contributed by atoms with Gasteiger partial charge in [-0.1, -0.05) is 72.8 Å². The molecule has 30 heavy (non-hydrogen) atoms. The van der Waals surface area contributed by atoms with Crippen molar-refractivity contribution in [3.63, 3.8) is 0 Å².